The lowest BCUT2D eigenvalue weighted by Gasteiger charge is -2.19. The van der Waals surface area contributed by atoms with Gasteiger partial charge in [-0.2, -0.15) is 0 Å². The molecule has 0 amide bonds. The highest BCUT2D eigenvalue weighted by Crippen LogP contribution is 2.39. The number of nitrogens with one attached hydrogen (secondary N) is 2. The Morgan fingerprint density at radius 3 is 2.43 bits per heavy atom. The summed E-state index contributed by atoms with van der Waals surface area (Å²) in [6.45, 7) is 6.29. The molecule has 5 aromatic rings. The summed E-state index contributed by atoms with van der Waals surface area (Å²) in [5.74, 6) is -0.728. The van der Waals surface area contributed by atoms with E-state index in [0.717, 1.165) is 0 Å². The van der Waals surface area contributed by atoms with Gasteiger partial charge in [-0.05, 0) is 48.7 Å². The summed E-state index contributed by atoms with van der Waals surface area (Å²) in [4.78, 5) is 39.1. The van der Waals surface area contributed by atoms with Gasteiger partial charge in [0.2, 0.25) is 0 Å². The van der Waals surface area contributed by atoms with Crippen LogP contribution in [0.2, 0.25) is 0 Å². The molecule has 42 heavy (non-hydrogen) atoms. The number of aryl methyl sites for hydroxylation is 1. The molecule has 0 aliphatic rings. The Morgan fingerprint density at radius 2 is 1.74 bits per heavy atom. The number of hydrogen-bond acceptors (Lipinski definition) is 6. The minimum atomic E-state index is -1.12. The second kappa shape index (κ2) is 11.7. The minimum Gasteiger partial charge on any atom is -0.493 e. The Hall–Kier alpha value is -5.25. The van der Waals surface area contributed by atoms with Crippen molar-refractivity contribution in [2.75, 3.05) is 13.7 Å². The lowest BCUT2D eigenvalue weighted by molar-refractivity contribution is 0.0697. The number of carboxylic acid groups (broad SMARTS) is 1. The molecule has 0 bridgehead atoms. The van der Waals surface area contributed by atoms with Gasteiger partial charge >= 0.3 is 11.6 Å². The van der Waals surface area contributed by atoms with Gasteiger partial charge in [0.25, 0.3) is 5.56 Å². The molecule has 0 saturated carbocycles. The third kappa shape index (κ3) is 5.38. The van der Waals surface area contributed by atoms with Crippen LogP contribution in [-0.2, 0) is 0 Å². The molecule has 10 heteroatoms. The van der Waals surface area contributed by atoms with Crippen molar-refractivity contribution in [2.45, 2.75) is 26.7 Å². The van der Waals surface area contributed by atoms with Gasteiger partial charge in [0, 0.05) is 11.3 Å². The van der Waals surface area contributed by atoms with E-state index < -0.39 is 23.1 Å². The molecule has 3 N–H and O–H groups in total. The van der Waals surface area contributed by atoms with Crippen LogP contribution >= 0.6 is 0 Å². The Labute approximate surface area is 241 Å². The first-order valence-electron chi connectivity index (χ1n) is 13.4. The van der Waals surface area contributed by atoms with Crippen molar-refractivity contribution in [1.82, 2.24) is 14.9 Å². The van der Waals surface area contributed by atoms with E-state index >= 15 is 0 Å². The van der Waals surface area contributed by atoms with Gasteiger partial charge in [0.15, 0.2) is 11.5 Å². The van der Waals surface area contributed by atoms with Crippen molar-refractivity contribution in [2.24, 2.45) is 5.92 Å². The van der Waals surface area contributed by atoms with E-state index in [9.17, 15) is 19.5 Å². The maximum Gasteiger partial charge on any atom is 0.362 e. The number of nitrogens with zero attached hydrogens (tertiary/aromatic N) is 1. The standard InChI is InChI=1S/C32H31N3O7/c1-18(2)17-41-24-14-13-21(16-25(24)40-4)27(28-29(34-42-32(28)39)20-9-6-5-7-10-20)26-19(3)33-35(30(26)36)23-12-8-11-22(15-23)31(37)38/h5-16,18,27,33-34H,17H2,1-4H3,(H,37,38). The third-order valence-electron chi connectivity index (χ3n) is 6.94. The van der Waals surface area contributed by atoms with Gasteiger partial charge in [-0.3, -0.25) is 9.89 Å². The number of hydrogen-bond donors (Lipinski definition) is 3. The first-order valence-corrected chi connectivity index (χ1v) is 13.4. The Balaban J connectivity index is 1.75. The van der Waals surface area contributed by atoms with E-state index in [1.807, 2.05) is 44.2 Å². The number of ether oxygens (including phenoxy) is 2. The number of aromatic carboxylic acids is 1. The molecule has 0 radical (unpaired) electrons. The molecule has 2 heterocycles. The van der Waals surface area contributed by atoms with Crippen molar-refractivity contribution >= 4 is 5.97 Å². The monoisotopic (exact) mass is 569 g/mol. The van der Waals surface area contributed by atoms with Gasteiger partial charge < -0.3 is 19.1 Å². The molecule has 1 atom stereocenters. The maximum atomic E-state index is 14.1. The first kappa shape index (κ1) is 28.3. The van der Waals surface area contributed by atoms with Crippen LogP contribution in [0.5, 0.6) is 11.5 Å². The van der Waals surface area contributed by atoms with Gasteiger partial charge in [0.05, 0.1) is 47.7 Å². The lowest BCUT2D eigenvalue weighted by atomic mass is 9.84. The molecule has 0 fully saturated rings. The van der Waals surface area contributed by atoms with Crippen molar-refractivity contribution < 1.29 is 23.9 Å². The van der Waals surface area contributed by atoms with Crippen LogP contribution in [0.4, 0.5) is 0 Å². The van der Waals surface area contributed by atoms with Crippen LogP contribution in [0, 0.1) is 12.8 Å². The normalized spacial score (nSPS) is 11.9. The number of carbonyl (C=O) groups is 1. The number of carboxylic acids is 1. The molecule has 5 rings (SSSR count). The molecule has 3 aromatic carbocycles. The Kier molecular flexibility index (Phi) is 7.88. The first-order chi connectivity index (χ1) is 20.2. The number of methoxy groups -OCH3 is 1. The summed E-state index contributed by atoms with van der Waals surface area (Å²) in [5, 5.41) is 15.3. The second-order valence-electron chi connectivity index (χ2n) is 10.3. The largest absolute Gasteiger partial charge is 0.493 e. The molecule has 216 valence electrons. The van der Waals surface area contributed by atoms with Crippen molar-refractivity contribution in [3.63, 3.8) is 0 Å². The molecule has 0 aliphatic heterocycles. The Morgan fingerprint density at radius 1 is 0.976 bits per heavy atom. The van der Waals surface area contributed by atoms with Crippen molar-refractivity contribution in [1.29, 1.82) is 0 Å². The van der Waals surface area contributed by atoms with Gasteiger partial charge in [-0.25, -0.2) is 19.4 Å². The average Bonchev–Trinajstić information content (AvgIpc) is 3.51. The number of rotatable bonds is 10. The summed E-state index contributed by atoms with van der Waals surface area (Å²) in [6, 6.07) is 20.6. The minimum absolute atomic E-state index is 0.0316. The topological polar surface area (TPSA) is 140 Å². The van der Waals surface area contributed by atoms with E-state index in [4.69, 9.17) is 14.0 Å². The highest BCUT2D eigenvalue weighted by atomic mass is 16.5. The molecule has 0 aliphatic carbocycles. The van der Waals surface area contributed by atoms with Gasteiger partial charge in [-0.15, -0.1) is 0 Å². The molecular formula is C32H31N3O7. The van der Waals surface area contributed by atoms with Crippen molar-refractivity contribution in [3.8, 4) is 28.4 Å². The quantitative estimate of drug-likeness (QED) is 0.206. The van der Waals surface area contributed by atoms with Crippen molar-refractivity contribution in [3.05, 3.63) is 122 Å². The SMILES string of the molecule is COc1cc(C(c2c(-c3ccccc3)[nH]oc2=O)c2c(C)[nH]n(-c3cccc(C(=O)O)c3)c2=O)ccc1OCC(C)C. The number of aromatic nitrogens is 3. The molecule has 0 saturated heterocycles. The summed E-state index contributed by atoms with van der Waals surface area (Å²) in [6.07, 6.45) is 0. The lowest BCUT2D eigenvalue weighted by Crippen LogP contribution is -2.23. The van der Waals surface area contributed by atoms with E-state index in [1.165, 1.54) is 23.9 Å². The third-order valence-corrected chi connectivity index (χ3v) is 6.94. The van der Waals surface area contributed by atoms with Gasteiger partial charge in [-0.1, -0.05) is 56.3 Å². The van der Waals surface area contributed by atoms with E-state index in [-0.39, 0.29) is 16.7 Å². The molecule has 1 unspecified atom stereocenters. The zero-order chi connectivity index (χ0) is 30.0. The fourth-order valence-electron chi connectivity index (χ4n) is 4.97. The fourth-order valence-corrected chi connectivity index (χ4v) is 4.97. The number of H-pyrrole nitrogens is 2. The summed E-state index contributed by atoms with van der Waals surface area (Å²) in [7, 11) is 1.53. The van der Waals surface area contributed by atoms with E-state index in [0.29, 0.717) is 52.2 Å². The molecule has 2 aromatic heterocycles. The second-order valence-corrected chi connectivity index (χ2v) is 10.3. The molecular weight excluding hydrogens is 538 g/mol. The smallest absolute Gasteiger partial charge is 0.362 e. The van der Waals surface area contributed by atoms with Crippen LogP contribution < -0.4 is 20.7 Å². The average molecular weight is 570 g/mol. The van der Waals surface area contributed by atoms with Crippen LogP contribution in [0.3, 0.4) is 0 Å². The van der Waals surface area contributed by atoms with Crippen LogP contribution in [0.1, 0.15) is 52.5 Å². The van der Waals surface area contributed by atoms with Crippen LogP contribution in [0.25, 0.3) is 16.9 Å². The zero-order valence-electron chi connectivity index (χ0n) is 23.6. The highest BCUT2D eigenvalue weighted by Gasteiger charge is 2.32. The number of aromatic amines is 2. The predicted octanol–water partition coefficient (Wildman–Crippen LogP) is 5.34. The highest BCUT2D eigenvalue weighted by molar-refractivity contribution is 5.88. The summed E-state index contributed by atoms with van der Waals surface area (Å²) in [5.41, 5.74) is 2.05. The van der Waals surface area contributed by atoms with E-state index in [2.05, 4.69) is 10.3 Å². The predicted molar refractivity (Wildman–Crippen MR) is 157 cm³/mol. The van der Waals surface area contributed by atoms with Crippen LogP contribution in [-0.4, -0.2) is 39.7 Å². The summed E-state index contributed by atoms with van der Waals surface area (Å²) >= 11 is 0. The molecule has 10 nitrogen and oxygen atoms in total. The fraction of sp³-hybridized carbons (Fsp3) is 0.219. The van der Waals surface area contributed by atoms with Crippen LogP contribution in [0.15, 0.2) is 86.9 Å². The van der Waals surface area contributed by atoms with Gasteiger partial charge in [0.1, 0.15) is 0 Å². The number of benzene rings is 3. The maximum absolute atomic E-state index is 14.1. The molecule has 0 spiro atoms. The zero-order valence-corrected chi connectivity index (χ0v) is 23.6. The Bertz CT molecular complexity index is 1840. The van der Waals surface area contributed by atoms with E-state index in [1.54, 1.807) is 37.3 Å². The summed E-state index contributed by atoms with van der Waals surface area (Å²) < 4.78 is 18.2.